The molecule has 0 fully saturated rings. The number of ether oxygens (including phenoxy) is 1. The molecule has 0 aliphatic carbocycles. The van der Waals surface area contributed by atoms with Gasteiger partial charge in [-0.15, -0.1) is 23.5 Å². The maximum Gasteiger partial charge on any atom is 0.320 e. The van der Waals surface area contributed by atoms with Crippen LogP contribution in [-0.4, -0.2) is 36.7 Å². The average molecular weight is 313 g/mol. The van der Waals surface area contributed by atoms with Gasteiger partial charge in [0.15, 0.2) is 0 Å². The molecule has 0 saturated carbocycles. The molecule has 1 rings (SSSR count). The van der Waals surface area contributed by atoms with E-state index >= 15 is 0 Å². The van der Waals surface area contributed by atoms with Crippen LogP contribution in [-0.2, 0) is 9.53 Å². The summed E-state index contributed by atoms with van der Waals surface area (Å²) in [5, 5.41) is 3.10. The minimum absolute atomic E-state index is 0.202. The summed E-state index contributed by atoms with van der Waals surface area (Å²) in [5.41, 5.74) is -0.410. The molecule has 1 aromatic carbocycles. The molecule has 0 heterocycles. The molecular formula is C15H23NO2S2. The summed E-state index contributed by atoms with van der Waals surface area (Å²) in [5.74, 6) is 0.730. The molecule has 0 saturated heterocycles. The number of benzene rings is 1. The fraction of sp³-hybridized carbons (Fsp3) is 0.533. The Balaban J connectivity index is 2.14. The number of esters is 1. The molecule has 112 valence electrons. The van der Waals surface area contributed by atoms with E-state index in [-0.39, 0.29) is 12.5 Å². The maximum absolute atomic E-state index is 11.5. The number of carbonyl (C=O) groups excluding carboxylic acids is 1. The normalized spacial score (nSPS) is 11.4. The lowest BCUT2D eigenvalue weighted by molar-refractivity contribution is -0.153. The molecule has 0 spiro atoms. The molecule has 0 unspecified atom stereocenters. The highest BCUT2D eigenvalue weighted by Crippen LogP contribution is 2.21. The van der Waals surface area contributed by atoms with E-state index in [1.54, 1.807) is 23.5 Å². The van der Waals surface area contributed by atoms with Gasteiger partial charge in [-0.25, -0.2) is 0 Å². The Bertz CT molecular complexity index is 413. The van der Waals surface area contributed by atoms with E-state index in [1.165, 1.54) is 9.79 Å². The van der Waals surface area contributed by atoms with Crippen LogP contribution in [0.2, 0.25) is 0 Å². The molecule has 0 aliphatic heterocycles. The number of nitrogens with one attached hydrogen (secondary N) is 1. The predicted octanol–water partition coefficient (Wildman–Crippen LogP) is 3.43. The second-order valence-corrected chi connectivity index (χ2v) is 7.34. The van der Waals surface area contributed by atoms with E-state index < -0.39 is 5.60 Å². The van der Waals surface area contributed by atoms with Gasteiger partial charge in [0.2, 0.25) is 0 Å². The fourth-order valence-electron chi connectivity index (χ4n) is 1.48. The molecule has 0 aliphatic rings. The minimum Gasteiger partial charge on any atom is -0.459 e. The largest absolute Gasteiger partial charge is 0.459 e. The van der Waals surface area contributed by atoms with Crippen LogP contribution in [0.1, 0.15) is 20.8 Å². The lowest BCUT2D eigenvalue weighted by atomic mass is 10.2. The van der Waals surface area contributed by atoms with Gasteiger partial charge in [0.25, 0.3) is 0 Å². The van der Waals surface area contributed by atoms with Crippen molar-refractivity contribution >= 4 is 29.5 Å². The van der Waals surface area contributed by atoms with Crippen molar-refractivity contribution in [1.29, 1.82) is 0 Å². The zero-order valence-corrected chi connectivity index (χ0v) is 14.2. The monoisotopic (exact) mass is 313 g/mol. The van der Waals surface area contributed by atoms with Crippen LogP contribution in [0.15, 0.2) is 34.1 Å². The predicted molar refractivity (Wildman–Crippen MR) is 87.7 cm³/mol. The first kappa shape index (κ1) is 17.4. The van der Waals surface area contributed by atoms with E-state index in [4.69, 9.17) is 4.74 Å². The number of carbonyl (C=O) groups is 1. The lowest BCUT2D eigenvalue weighted by Gasteiger charge is -2.19. The third-order valence-corrected chi connectivity index (χ3v) is 4.05. The third kappa shape index (κ3) is 7.82. The van der Waals surface area contributed by atoms with Crippen LogP contribution in [0.25, 0.3) is 0 Å². The molecule has 3 nitrogen and oxygen atoms in total. The van der Waals surface area contributed by atoms with E-state index in [0.29, 0.717) is 0 Å². The van der Waals surface area contributed by atoms with Gasteiger partial charge in [0.05, 0.1) is 6.54 Å². The van der Waals surface area contributed by atoms with Gasteiger partial charge < -0.3 is 10.1 Å². The summed E-state index contributed by atoms with van der Waals surface area (Å²) in [6.07, 6.45) is 2.07. The fourth-order valence-corrected chi connectivity index (χ4v) is 2.70. The highest BCUT2D eigenvalue weighted by molar-refractivity contribution is 7.99. The average Bonchev–Trinajstić information content (AvgIpc) is 2.37. The smallest absolute Gasteiger partial charge is 0.320 e. The van der Waals surface area contributed by atoms with Crippen molar-refractivity contribution in [2.75, 3.05) is 25.1 Å². The van der Waals surface area contributed by atoms with Crippen LogP contribution < -0.4 is 5.32 Å². The van der Waals surface area contributed by atoms with Crippen molar-refractivity contribution in [1.82, 2.24) is 5.32 Å². The lowest BCUT2D eigenvalue weighted by Crippen LogP contribution is -2.32. The number of hydrogen-bond donors (Lipinski definition) is 1. The van der Waals surface area contributed by atoms with Crippen molar-refractivity contribution in [3.8, 4) is 0 Å². The zero-order valence-electron chi connectivity index (χ0n) is 12.6. The van der Waals surface area contributed by atoms with Gasteiger partial charge >= 0.3 is 5.97 Å². The van der Waals surface area contributed by atoms with Crippen molar-refractivity contribution in [3.05, 3.63) is 24.3 Å². The van der Waals surface area contributed by atoms with E-state index in [2.05, 4.69) is 35.8 Å². The minimum atomic E-state index is -0.410. The molecule has 1 N–H and O–H groups in total. The molecule has 0 amide bonds. The molecule has 0 atom stereocenters. The van der Waals surface area contributed by atoms with Crippen LogP contribution in [0.5, 0.6) is 0 Å². The second-order valence-electron chi connectivity index (χ2n) is 5.29. The van der Waals surface area contributed by atoms with Gasteiger partial charge in [-0.2, -0.15) is 0 Å². The summed E-state index contributed by atoms with van der Waals surface area (Å²) < 4.78 is 5.22. The molecule has 0 bridgehead atoms. The van der Waals surface area contributed by atoms with Crippen LogP contribution >= 0.6 is 23.5 Å². The molecular weight excluding hydrogens is 290 g/mol. The summed E-state index contributed by atoms with van der Waals surface area (Å²) in [6.45, 7) is 6.68. The van der Waals surface area contributed by atoms with Gasteiger partial charge in [0.1, 0.15) is 5.60 Å². The Labute approximate surface area is 130 Å². The molecule has 20 heavy (non-hydrogen) atoms. The number of hydrogen-bond acceptors (Lipinski definition) is 5. The van der Waals surface area contributed by atoms with E-state index in [0.717, 1.165) is 12.3 Å². The first-order valence-corrected chi connectivity index (χ1v) is 8.81. The summed E-state index contributed by atoms with van der Waals surface area (Å²) >= 11 is 3.52. The maximum atomic E-state index is 11.5. The number of thioether (sulfide) groups is 2. The topological polar surface area (TPSA) is 38.3 Å². The summed E-state index contributed by atoms with van der Waals surface area (Å²) in [4.78, 5) is 14.0. The first-order chi connectivity index (χ1) is 9.40. The summed E-state index contributed by atoms with van der Waals surface area (Å²) in [6, 6.07) is 8.51. The van der Waals surface area contributed by atoms with Gasteiger partial charge in [0, 0.05) is 22.1 Å². The first-order valence-electron chi connectivity index (χ1n) is 6.60. The van der Waals surface area contributed by atoms with Crippen molar-refractivity contribution in [3.63, 3.8) is 0 Å². The number of rotatable bonds is 7. The van der Waals surface area contributed by atoms with Crippen LogP contribution in [0.3, 0.4) is 0 Å². The van der Waals surface area contributed by atoms with Crippen molar-refractivity contribution in [2.24, 2.45) is 0 Å². The van der Waals surface area contributed by atoms with Crippen molar-refractivity contribution in [2.45, 2.75) is 36.2 Å². The quantitative estimate of drug-likeness (QED) is 0.474. The Morgan fingerprint density at radius 1 is 1.20 bits per heavy atom. The zero-order chi connectivity index (χ0) is 15.0. The Kier molecular flexibility index (Phi) is 7.48. The highest BCUT2D eigenvalue weighted by Gasteiger charge is 2.15. The highest BCUT2D eigenvalue weighted by atomic mass is 32.2. The summed E-state index contributed by atoms with van der Waals surface area (Å²) in [7, 11) is 0. The molecule has 0 aromatic heterocycles. The van der Waals surface area contributed by atoms with E-state index in [9.17, 15) is 4.79 Å². The van der Waals surface area contributed by atoms with E-state index in [1.807, 2.05) is 20.8 Å². The standard InChI is InChI=1S/C15H23NO2S2/c1-15(2,3)18-14(17)11-16-9-10-20-13-7-5-12(19-4)6-8-13/h5-8,16H,9-11H2,1-4H3. The Hall–Kier alpha value is -0.650. The molecule has 1 aromatic rings. The van der Waals surface area contributed by atoms with Gasteiger partial charge in [-0.05, 0) is 51.3 Å². The van der Waals surface area contributed by atoms with Crippen molar-refractivity contribution < 1.29 is 9.53 Å². The SMILES string of the molecule is CSc1ccc(SCCNCC(=O)OC(C)(C)C)cc1. The molecule has 5 heteroatoms. The Morgan fingerprint density at radius 3 is 2.35 bits per heavy atom. The second kappa shape index (κ2) is 8.60. The van der Waals surface area contributed by atoms with Gasteiger partial charge in [-0.1, -0.05) is 0 Å². The third-order valence-electron chi connectivity index (χ3n) is 2.30. The van der Waals surface area contributed by atoms with Gasteiger partial charge in [-0.3, -0.25) is 4.79 Å². The van der Waals surface area contributed by atoms with Crippen LogP contribution in [0.4, 0.5) is 0 Å². The molecule has 0 radical (unpaired) electrons. The Morgan fingerprint density at radius 2 is 1.80 bits per heavy atom. The van der Waals surface area contributed by atoms with Crippen LogP contribution in [0, 0.1) is 0 Å².